The summed E-state index contributed by atoms with van der Waals surface area (Å²) in [4.78, 5) is 26.2. The van der Waals surface area contributed by atoms with Gasteiger partial charge >= 0.3 is 0 Å². The Morgan fingerprint density at radius 3 is 2.45 bits per heavy atom. The van der Waals surface area contributed by atoms with Crippen molar-refractivity contribution >= 4 is 29.3 Å². The summed E-state index contributed by atoms with van der Waals surface area (Å²) in [5, 5.41) is 10.2. The summed E-state index contributed by atoms with van der Waals surface area (Å²) in [5.41, 5.74) is 4.45. The molecule has 7 heteroatoms. The number of para-hydroxylation sites is 2. The maximum absolute atomic E-state index is 12.7. The average molecular weight is 455 g/mol. The molecule has 5 rings (SSSR count). The van der Waals surface area contributed by atoms with E-state index in [1.165, 1.54) is 11.8 Å². The summed E-state index contributed by atoms with van der Waals surface area (Å²) in [6.45, 7) is 0.325. The van der Waals surface area contributed by atoms with Gasteiger partial charge in [0.05, 0.1) is 22.3 Å². The smallest absolute Gasteiger partial charge is 0.238 e. The minimum Gasteiger partial charge on any atom is -0.352 e. The molecule has 0 fully saturated rings. The third kappa shape index (κ3) is 4.68. The van der Waals surface area contributed by atoms with Crippen molar-refractivity contribution in [3.8, 4) is 16.9 Å². The molecule has 3 aromatic carbocycles. The topological polar surface area (TPSA) is 76.0 Å². The van der Waals surface area contributed by atoms with Crippen LogP contribution in [0.4, 0.5) is 5.69 Å². The molecule has 33 heavy (non-hydrogen) atoms. The van der Waals surface area contributed by atoms with Crippen molar-refractivity contribution in [2.45, 2.75) is 23.1 Å². The van der Waals surface area contributed by atoms with Gasteiger partial charge in [0.1, 0.15) is 0 Å². The van der Waals surface area contributed by atoms with E-state index < -0.39 is 5.25 Å². The van der Waals surface area contributed by atoms with Crippen LogP contribution in [0.1, 0.15) is 12.0 Å². The SMILES string of the molecule is O=C(CC1Sc2ccccc2NC1=O)NCc1cn(-c2ccccc2)nc1-c1ccccc1. The lowest BCUT2D eigenvalue weighted by atomic mass is 10.1. The highest BCUT2D eigenvalue weighted by atomic mass is 32.2. The van der Waals surface area contributed by atoms with Gasteiger partial charge in [0.15, 0.2) is 0 Å². The average Bonchev–Trinajstić information content (AvgIpc) is 3.29. The fraction of sp³-hybridized carbons (Fsp3) is 0.115. The highest BCUT2D eigenvalue weighted by Gasteiger charge is 2.28. The van der Waals surface area contributed by atoms with Crippen molar-refractivity contribution in [2.75, 3.05) is 5.32 Å². The number of carbonyl (C=O) groups excluding carboxylic acids is 2. The zero-order valence-corrected chi connectivity index (χ0v) is 18.6. The van der Waals surface area contributed by atoms with Gasteiger partial charge in [-0.1, -0.05) is 60.7 Å². The number of amides is 2. The molecule has 6 nitrogen and oxygen atoms in total. The van der Waals surface area contributed by atoms with E-state index in [4.69, 9.17) is 5.10 Å². The van der Waals surface area contributed by atoms with Crippen LogP contribution in [0.25, 0.3) is 16.9 Å². The van der Waals surface area contributed by atoms with Crippen molar-refractivity contribution in [3.05, 3.63) is 96.7 Å². The highest BCUT2D eigenvalue weighted by molar-refractivity contribution is 8.01. The van der Waals surface area contributed by atoms with E-state index in [1.54, 1.807) is 0 Å². The number of nitrogens with zero attached hydrogens (tertiary/aromatic N) is 2. The number of carbonyl (C=O) groups is 2. The van der Waals surface area contributed by atoms with E-state index in [1.807, 2.05) is 95.8 Å². The number of thioether (sulfide) groups is 1. The minimum absolute atomic E-state index is 0.109. The summed E-state index contributed by atoms with van der Waals surface area (Å²) in [5.74, 6) is -0.316. The number of anilines is 1. The minimum atomic E-state index is -0.458. The molecule has 1 aliphatic heterocycles. The van der Waals surface area contributed by atoms with Crippen molar-refractivity contribution in [1.29, 1.82) is 0 Å². The van der Waals surface area contributed by atoms with Gasteiger partial charge < -0.3 is 10.6 Å². The molecular formula is C26H22N4O2S. The Kier molecular flexibility index (Phi) is 5.95. The van der Waals surface area contributed by atoms with E-state index in [0.29, 0.717) is 6.54 Å². The number of hydrogen-bond acceptors (Lipinski definition) is 4. The predicted octanol–water partition coefficient (Wildman–Crippen LogP) is 4.66. The van der Waals surface area contributed by atoms with Crippen LogP contribution in [-0.2, 0) is 16.1 Å². The van der Waals surface area contributed by atoms with Crippen molar-refractivity contribution < 1.29 is 9.59 Å². The Bertz CT molecular complexity index is 1290. The van der Waals surface area contributed by atoms with Gasteiger partial charge in [0.25, 0.3) is 0 Å². The molecule has 1 unspecified atom stereocenters. The van der Waals surface area contributed by atoms with Crippen LogP contribution in [0.3, 0.4) is 0 Å². The first-order valence-corrected chi connectivity index (χ1v) is 11.6. The zero-order valence-electron chi connectivity index (χ0n) is 17.8. The fourth-order valence-corrected chi connectivity index (χ4v) is 4.86. The molecule has 0 saturated carbocycles. The van der Waals surface area contributed by atoms with Gasteiger partial charge in [-0.15, -0.1) is 11.8 Å². The van der Waals surface area contributed by atoms with Crippen LogP contribution in [0.5, 0.6) is 0 Å². The number of rotatable bonds is 6. The number of nitrogens with one attached hydrogen (secondary N) is 2. The highest BCUT2D eigenvalue weighted by Crippen LogP contribution is 2.36. The molecule has 0 aliphatic carbocycles. The Balaban J connectivity index is 1.31. The van der Waals surface area contributed by atoms with Crippen LogP contribution < -0.4 is 10.6 Å². The molecule has 0 spiro atoms. The largest absolute Gasteiger partial charge is 0.352 e. The number of benzene rings is 3. The van der Waals surface area contributed by atoms with Gasteiger partial charge in [-0.2, -0.15) is 5.10 Å². The normalized spacial score (nSPS) is 14.9. The van der Waals surface area contributed by atoms with E-state index in [-0.39, 0.29) is 18.2 Å². The standard InChI is InChI=1S/C26H22N4O2S/c31-24(15-23-26(32)28-21-13-7-8-14-22(21)33-23)27-16-19-17-30(20-11-5-2-6-12-20)29-25(19)18-9-3-1-4-10-18/h1-14,17,23H,15-16H2,(H,27,31)(H,28,32). The molecule has 4 aromatic rings. The Hall–Kier alpha value is -3.84. The second kappa shape index (κ2) is 9.34. The van der Waals surface area contributed by atoms with Crippen molar-refractivity contribution in [1.82, 2.24) is 15.1 Å². The number of hydrogen-bond donors (Lipinski definition) is 2. The van der Waals surface area contributed by atoms with Gasteiger partial charge in [-0.25, -0.2) is 4.68 Å². The predicted molar refractivity (Wildman–Crippen MR) is 130 cm³/mol. The summed E-state index contributed by atoms with van der Waals surface area (Å²) >= 11 is 1.43. The summed E-state index contributed by atoms with van der Waals surface area (Å²) in [6.07, 6.45) is 2.05. The van der Waals surface area contributed by atoms with Crippen molar-refractivity contribution in [3.63, 3.8) is 0 Å². The van der Waals surface area contributed by atoms with Crippen LogP contribution in [0.2, 0.25) is 0 Å². The molecule has 0 bridgehead atoms. The van der Waals surface area contributed by atoms with E-state index in [0.717, 1.165) is 33.1 Å². The lowest BCUT2D eigenvalue weighted by Gasteiger charge is -2.23. The van der Waals surface area contributed by atoms with Gasteiger partial charge in [0.2, 0.25) is 11.8 Å². The Morgan fingerprint density at radius 2 is 1.67 bits per heavy atom. The molecule has 0 radical (unpaired) electrons. The maximum Gasteiger partial charge on any atom is 0.238 e. The van der Waals surface area contributed by atoms with Gasteiger partial charge in [-0.3, -0.25) is 9.59 Å². The maximum atomic E-state index is 12.7. The fourth-order valence-electron chi connectivity index (χ4n) is 3.75. The molecule has 1 aliphatic rings. The number of aromatic nitrogens is 2. The van der Waals surface area contributed by atoms with Gasteiger partial charge in [-0.05, 0) is 24.3 Å². The van der Waals surface area contributed by atoms with E-state index >= 15 is 0 Å². The summed E-state index contributed by atoms with van der Waals surface area (Å²) in [7, 11) is 0. The summed E-state index contributed by atoms with van der Waals surface area (Å²) < 4.78 is 1.82. The van der Waals surface area contributed by atoms with E-state index in [9.17, 15) is 9.59 Å². The molecule has 164 valence electrons. The first kappa shape index (κ1) is 21.0. The summed E-state index contributed by atoms with van der Waals surface area (Å²) in [6, 6.07) is 27.4. The van der Waals surface area contributed by atoms with Crippen LogP contribution in [-0.4, -0.2) is 26.8 Å². The first-order chi connectivity index (χ1) is 16.2. The Morgan fingerprint density at radius 1 is 0.970 bits per heavy atom. The molecule has 1 aromatic heterocycles. The lowest BCUT2D eigenvalue weighted by molar-refractivity contribution is -0.124. The molecule has 1 atom stereocenters. The van der Waals surface area contributed by atoms with E-state index in [2.05, 4.69) is 10.6 Å². The zero-order chi connectivity index (χ0) is 22.6. The third-order valence-electron chi connectivity index (χ3n) is 5.41. The monoisotopic (exact) mass is 454 g/mol. The molecule has 2 N–H and O–H groups in total. The second-order valence-corrected chi connectivity index (χ2v) is 8.97. The third-order valence-corrected chi connectivity index (χ3v) is 6.69. The van der Waals surface area contributed by atoms with Crippen LogP contribution >= 0.6 is 11.8 Å². The molecule has 2 amide bonds. The van der Waals surface area contributed by atoms with Crippen LogP contribution in [0.15, 0.2) is 96.0 Å². The quantitative estimate of drug-likeness (QED) is 0.444. The lowest BCUT2D eigenvalue weighted by Crippen LogP contribution is -2.34. The Labute approximate surface area is 196 Å². The van der Waals surface area contributed by atoms with Gasteiger partial charge in [0, 0.05) is 35.2 Å². The number of fused-ring (bicyclic) bond motifs is 1. The molecule has 2 heterocycles. The molecule has 0 saturated heterocycles. The second-order valence-electron chi connectivity index (χ2n) is 7.72. The molecular weight excluding hydrogens is 432 g/mol. The first-order valence-electron chi connectivity index (χ1n) is 10.7. The van der Waals surface area contributed by atoms with Crippen molar-refractivity contribution in [2.24, 2.45) is 0 Å². The van der Waals surface area contributed by atoms with Crippen LogP contribution in [0, 0.1) is 0 Å².